The highest BCUT2D eigenvalue weighted by Gasteiger charge is 2.29. The number of nitrogens with zero attached hydrogens (tertiary/aromatic N) is 3. The third-order valence-corrected chi connectivity index (χ3v) is 4.51. The van der Waals surface area contributed by atoms with Crippen molar-refractivity contribution < 1.29 is 8.42 Å². The topological polar surface area (TPSA) is 115 Å². The maximum atomic E-state index is 11.5. The van der Waals surface area contributed by atoms with Crippen molar-refractivity contribution in [1.29, 1.82) is 0 Å². The van der Waals surface area contributed by atoms with Gasteiger partial charge in [0.25, 0.3) is 0 Å². The van der Waals surface area contributed by atoms with Crippen molar-refractivity contribution in [2.24, 2.45) is 0 Å². The molecule has 0 spiro atoms. The molecule has 1 aliphatic heterocycles. The van der Waals surface area contributed by atoms with E-state index >= 15 is 0 Å². The molecule has 1 atom stereocenters. The molecule has 0 radical (unpaired) electrons. The second-order valence-electron chi connectivity index (χ2n) is 4.17. The fourth-order valence-electron chi connectivity index (χ4n) is 1.96. The second-order valence-corrected chi connectivity index (χ2v) is 6.39. The highest BCUT2D eigenvalue weighted by Crippen LogP contribution is 2.21. The van der Waals surface area contributed by atoms with Crippen LogP contribution < -0.4 is 16.4 Å². The van der Waals surface area contributed by atoms with Crippen LogP contribution in [0.3, 0.4) is 0 Å². The summed E-state index contributed by atoms with van der Waals surface area (Å²) in [6.07, 6.45) is 0. The highest BCUT2D eigenvalue weighted by molar-refractivity contribution is 7.91. The van der Waals surface area contributed by atoms with Gasteiger partial charge in [-0.25, -0.2) is 8.42 Å². The van der Waals surface area contributed by atoms with E-state index in [1.54, 1.807) is 6.07 Å². The lowest BCUT2D eigenvalue weighted by molar-refractivity contribution is 0.567. The molecule has 0 aromatic carbocycles. The van der Waals surface area contributed by atoms with Gasteiger partial charge in [0.05, 0.1) is 11.5 Å². The fraction of sp³-hybridized carbons (Fsp3) is 0.556. The Morgan fingerprint density at radius 2 is 2.12 bits per heavy atom. The standard InChI is InChI=1S/C9H15N5O2S/c1-6-5-17(15,16)3-2-14(6)8-4-7(10)12-9(11)13-8/h4,6H,2-3,5H2,1H3,(H4,10,11,12,13). The first-order valence-electron chi connectivity index (χ1n) is 5.24. The van der Waals surface area contributed by atoms with Crippen LogP contribution in [0.1, 0.15) is 6.92 Å². The van der Waals surface area contributed by atoms with Gasteiger partial charge < -0.3 is 16.4 Å². The third-order valence-electron chi connectivity index (χ3n) is 2.71. The molecule has 0 saturated carbocycles. The molecule has 7 nitrogen and oxygen atoms in total. The van der Waals surface area contributed by atoms with E-state index in [0.29, 0.717) is 12.4 Å². The van der Waals surface area contributed by atoms with Gasteiger partial charge >= 0.3 is 0 Å². The van der Waals surface area contributed by atoms with Crippen LogP contribution in [-0.4, -0.2) is 42.5 Å². The molecule has 1 aromatic rings. The zero-order chi connectivity index (χ0) is 12.6. The molecule has 1 saturated heterocycles. The van der Waals surface area contributed by atoms with Gasteiger partial charge in [0.1, 0.15) is 11.6 Å². The van der Waals surface area contributed by atoms with Crippen LogP contribution in [0.15, 0.2) is 6.07 Å². The smallest absolute Gasteiger partial charge is 0.223 e. The third kappa shape index (κ3) is 2.57. The number of hydrogen-bond donors (Lipinski definition) is 2. The Morgan fingerprint density at radius 3 is 2.71 bits per heavy atom. The van der Waals surface area contributed by atoms with Crippen LogP contribution in [0.2, 0.25) is 0 Å². The van der Waals surface area contributed by atoms with Gasteiger partial charge in [-0.3, -0.25) is 0 Å². The summed E-state index contributed by atoms with van der Waals surface area (Å²) in [5, 5.41) is 0. The second kappa shape index (κ2) is 4.02. The van der Waals surface area contributed by atoms with Crippen LogP contribution in [-0.2, 0) is 9.84 Å². The molecule has 0 amide bonds. The summed E-state index contributed by atoms with van der Waals surface area (Å²) in [6, 6.07) is 1.47. The number of sulfone groups is 1. The molecule has 1 aromatic heterocycles. The van der Waals surface area contributed by atoms with Crippen molar-refractivity contribution in [3.05, 3.63) is 6.07 Å². The first-order chi connectivity index (χ1) is 7.87. The van der Waals surface area contributed by atoms with Crippen molar-refractivity contribution in [2.75, 3.05) is 34.4 Å². The van der Waals surface area contributed by atoms with Crippen LogP contribution in [0.4, 0.5) is 17.6 Å². The van der Waals surface area contributed by atoms with Gasteiger partial charge in [-0.2, -0.15) is 9.97 Å². The Balaban J connectivity index is 2.29. The Morgan fingerprint density at radius 1 is 1.41 bits per heavy atom. The first kappa shape index (κ1) is 11.9. The molecule has 17 heavy (non-hydrogen) atoms. The molecule has 0 aliphatic carbocycles. The summed E-state index contributed by atoms with van der Waals surface area (Å²) < 4.78 is 22.9. The van der Waals surface area contributed by atoms with Crippen LogP contribution in [0.5, 0.6) is 0 Å². The van der Waals surface area contributed by atoms with Crippen LogP contribution >= 0.6 is 0 Å². The van der Waals surface area contributed by atoms with E-state index in [1.807, 2.05) is 11.8 Å². The zero-order valence-electron chi connectivity index (χ0n) is 9.50. The number of nitrogens with two attached hydrogens (primary N) is 2. The molecule has 94 valence electrons. The Labute approximate surface area is 99.8 Å². The van der Waals surface area contributed by atoms with Crippen molar-refractivity contribution in [2.45, 2.75) is 13.0 Å². The summed E-state index contributed by atoms with van der Waals surface area (Å²) in [4.78, 5) is 9.74. The lowest BCUT2D eigenvalue weighted by atomic mass is 10.3. The monoisotopic (exact) mass is 257 g/mol. The van der Waals surface area contributed by atoms with Gasteiger partial charge in [0.2, 0.25) is 5.95 Å². The summed E-state index contributed by atoms with van der Waals surface area (Å²) in [6.45, 7) is 2.24. The van der Waals surface area contributed by atoms with E-state index in [4.69, 9.17) is 11.5 Å². The van der Waals surface area contributed by atoms with E-state index in [1.165, 1.54) is 0 Å². The maximum Gasteiger partial charge on any atom is 0.223 e. The molecule has 2 heterocycles. The predicted molar refractivity (Wildman–Crippen MR) is 66.3 cm³/mol. The van der Waals surface area contributed by atoms with Gasteiger partial charge in [0.15, 0.2) is 9.84 Å². The Bertz CT molecular complexity index is 510. The lowest BCUT2D eigenvalue weighted by Crippen LogP contribution is -2.47. The normalized spacial score (nSPS) is 23.6. The van der Waals surface area contributed by atoms with E-state index in [-0.39, 0.29) is 29.3 Å². The summed E-state index contributed by atoms with van der Waals surface area (Å²) >= 11 is 0. The van der Waals surface area contributed by atoms with Gasteiger partial charge in [-0.15, -0.1) is 0 Å². The number of nitrogen functional groups attached to an aromatic ring is 2. The summed E-state index contributed by atoms with van der Waals surface area (Å²) in [7, 11) is -2.94. The predicted octanol–water partition coefficient (Wildman–Crippen LogP) is -0.736. The number of hydrogen-bond acceptors (Lipinski definition) is 7. The molecule has 1 aliphatic rings. The molecule has 4 N–H and O–H groups in total. The molecule has 1 fully saturated rings. The highest BCUT2D eigenvalue weighted by atomic mass is 32.2. The van der Waals surface area contributed by atoms with Gasteiger partial charge in [0, 0.05) is 18.7 Å². The number of anilines is 3. The fourth-order valence-corrected chi connectivity index (χ4v) is 3.51. The minimum Gasteiger partial charge on any atom is -0.383 e. The molecule has 8 heteroatoms. The van der Waals surface area contributed by atoms with E-state index in [0.717, 1.165) is 0 Å². The van der Waals surface area contributed by atoms with Crippen molar-refractivity contribution in [3.8, 4) is 0 Å². The first-order valence-corrected chi connectivity index (χ1v) is 7.06. The van der Waals surface area contributed by atoms with Crippen LogP contribution in [0, 0.1) is 0 Å². The van der Waals surface area contributed by atoms with E-state index < -0.39 is 9.84 Å². The van der Waals surface area contributed by atoms with Gasteiger partial charge in [-0.1, -0.05) is 0 Å². The molecule has 2 rings (SSSR count). The van der Waals surface area contributed by atoms with Crippen molar-refractivity contribution in [3.63, 3.8) is 0 Å². The largest absolute Gasteiger partial charge is 0.383 e. The van der Waals surface area contributed by atoms with E-state index in [2.05, 4.69) is 9.97 Å². The molecule has 1 unspecified atom stereocenters. The number of aromatic nitrogens is 2. The van der Waals surface area contributed by atoms with Crippen molar-refractivity contribution >= 4 is 27.4 Å². The SMILES string of the molecule is CC1CS(=O)(=O)CCN1c1cc(N)nc(N)n1. The lowest BCUT2D eigenvalue weighted by Gasteiger charge is -2.34. The Kier molecular flexibility index (Phi) is 2.82. The maximum absolute atomic E-state index is 11.5. The quantitative estimate of drug-likeness (QED) is 0.681. The summed E-state index contributed by atoms with van der Waals surface area (Å²) in [5.41, 5.74) is 11.1. The van der Waals surface area contributed by atoms with E-state index in [9.17, 15) is 8.42 Å². The van der Waals surface area contributed by atoms with Gasteiger partial charge in [-0.05, 0) is 6.92 Å². The number of rotatable bonds is 1. The molecular formula is C9H15N5O2S. The minimum absolute atomic E-state index is 0.0978. The van der Waals surface area contributed by atoms with Crippen molar-refractivity contribution in [1.82, 2.24) is 9.97 Å². The molecule has 0 bridgehead atoms. The molecular weight excluding hydrogens is 242 g/mol. The summed E-state index contributed by atoms with van der Waals surface area (Å²) in [5.74, 6) is 1.21. The average Bonchev–Trinajstić information content (AvgIpc) is 2.13. The Hall–Kier alpha value is -1.57. The minimum atomic E-state index is -2.94. The zero-order valence-corrected chi connectivity index (χ0v) is 10.3. The van der Waals surface area contributed by atoms with Crippen LogP contribution in [0.25, 0.3) is 0 Å². The average molecular weight is 257 g/mol.